The molecule has 0 fully saturated rings. The van der Waals surface area contributed by atoms with Gasteiger partial charge in [-0.05, 0) is 19.4 Å². The van der Waals surface area contributed by atoms with Crippen LogP contribution in [0.1, 0.15) is 187 Å². The predicted molar refractivity (Wildman–Crippen MR) is 150 cm³/mol. The Balaban J connectivity index is 3.01. The molecule has 200 valence electrons. The lowest BCUT2D eigenvalue weighted by atomic mass is 10.0. The third-order valence-corrected chi connectivity index (χ3v) is 7.30. The van der Waals surface area contributed by atoms with E-state index in [1.54, 1.807) is 0 Å². The van der Waals surface area contributed by atoms with E-state index in [4.69, 9.17) is 0 Å². The van der Waals surface area contributed by atoms with Gasteiger partial charge in [-0.2, -0.15) is 0 Å². The van der Waals surface area contributed by atoms with Gasteiger partial charge in [0.25, 0.3) is 0 Å². The van der Waals surface area contributed by atoms with E-state index in [1.807, 2.05) is 6.92 Å². The van der Waals surface area contributed by atoms with Crippen LogP contribution in [0.4, 0.5) is 0 Å². The molecule has 1 unspecified atom stereocenters. The number of hydrogen-bond acceptors (Lipinski definition) is 2. The van der Waals surface area contributed by atoms with E-state index < -0.39 is 0 Å². The molecule has 33 heavy (non-hydrogen) atoms. The van der Waals surface area contributed by atoms with Gasteiger partial charge in [0.1, 0.15) is 6.23 Å². The molecule has 0 amide bonds. The summed E-state index contributed by atoms with van der Waals surface area (Å²) in [7, 11) is 0. The molecule has 0 aromatic carbocycles. The van der Waals surface area contributed by atoms with Crippen LogP contribution in [-0.2, 0) is 0 Å². The molecule has 2 N–H and O–H groups in total. The topological polar surface area (TPSA) is 32.3 Å². The maximum atomic E-state index is 9.44. The summed E-state index contributed by atoms with van der Waals surface area (Å²) in [5.41, 5.74) is 0. The molecule has 0 saturated carbocycles. The highest BCUT2D eigenvalue weighted by atomic mass is 16.3. The summed E-state index contributed by atoms with van der Waals surface area (Å²) in [6.07, 6.45) is 38.0. The summed E-state index contributed by atoms with van der Waals surface area (Å²) in [5, 5.41) is 12.6. The second-order valence-electron chi connectivity index (χ2n) is 10.7. The lowest BCUT2D eigenvalue weighted by Crippen LogP contribution is -2.28. The van der Waals surface area contributed by atoms with Gasteiger partial charge in [0.05, 0.1) is 0 Å². The molecule has 0 aromatic rings. The van der Waals surface area contributed by atoms with Crippen molar-refractivity contribution < 1.29 is 5.11 Å². The maximum Gasteiger partial charge on any atom is 0.104 e. The van der Waals surface area contributed by atoms with Crippen molar-refractivity contribution in [3.63, 3.8) is 0 Å². The number of hydrogen-bond donors (Lipinski definition) is 2. The van der Waals surface area contributed by atoms with Crippen molar-refractivity contribution in [3.8, 4) is 0 Å². The Bertz CT molecular complexity index is 333. The van der Waals surface area contributed by atoms with Crippen LogP contribution < -0.4 is 5.32 Å². The second-order valence-corrected chi connectivity index (χ2v) is 10.7. The molecule has 0 aliphatic rings. The molecule has 0 aromatic heterocycles. The molecule has 0 heterocycles. The molecule has 1 atom stereocenters. The third-order valence-electron chi connectivity index (χ3n) is 7.30. The van der Waals surface area contributed by atoms with E-state index in [0.717, 1.165) is 13.0 Å². The number of aliphatic hydroxyl groups is 1. The zero-order valence-corrected chi connectivity index (χ0v) is 23.3. The summed E-state index contributed by atoms with van der Waals surface area (Å²) in [5.74, 6) is 0. The molecule has 0 bridgehead atoms. The first-order chi connectivity index (χ1) is 16.3. The van der Waals surface area contributed by atoms with Crippen molar-refractivity contribution >= 4 is 0 Å². The van der Waals surface area contributed by atoms with Crippen molar-refractivity contribution in [1.82, 2.24) is 5.32 Å². The fourth-order valence-corrected chi connectivity index (χ4v) is 4.85. The van der Waals surface area contributed by atoms with E-state index >= 15 is 0 Å². The third kappa shape index (κ3) is 29.9. The number of nitrogens with one attached hydrogen (secondary N) is 1. The Morgan fingerprint density at radius 2 is 0.636 bits per heavy atom. The standard InChI is InChI=1S/C31H65NO/c1-3-5-6-7-8-9-10-11-12-13-14-15-16-17-18-19-20-21-22-23-24-25-26-27-28-29-30-32-31(33)4-2/h31-33H,3-30H2,1-2H3. The Labute approximate surface area is 210 Å². The van der Waals surface area contributed by atoms with Gasteiger partial charge in [-0.1, -0.05) is 174 Å². The zero-order valence-electron chi connectivity index (χ0n) is 23.3. The molecular weight excluding hydrogens is 402 g/mol. The monoisotopic (exact) mass is 468 g/mol. The largest absolute Gasteiger partial charge is 0.379 e. The molecule has 2 nitrogen and oxygen atoms in total. The molecular formula is C31H65NO. The molecule has 0 saturated heterocycles. The van der Waals surface area contributed by atoms with Gasteiger partial charge in [0.15, 0.2) is 0 Å². The van der Waals surface area contributed by atoms with Crippen LogP contribution in [0.25, 0.3) is 0 Å². The Morgan fingerprint density at radius 3 is 0.879 bits per heavy atom. The van der Waals surface area contributed by atoms with Crippen LogP contribution in [0.3, 0.4) is 0 Å². The first-order valence-electron chi connectivity index (χ1n) is 15.7. The van der Waals surface area contributed by atoms with E-state index in [-0.39, 0.29) is 6.23 Å². The fourth-order valence-electron chi connectivity index (χ4n) is 4.85. The van der Waals surface area contributed by atoms with Crippen molar-refractivity contribution in [2.24, 2.45) is 0 Å². The first kappa shape index (κ1) is 32.9. The number of rotatable bonds is 29. The Kier molecular flexibility index (Phi) is 29.9. The van der Waals surface area contributed by atoms with Crippen molar-refractivity contribution in [3.05, 3.63) is 0 Å². The van der Waals surface area contributed by atoms with Crippen molar-refractivity contribution in [2.45, 2.75) is 193 Å². The summed E-state index contributed by atoms with van der Waals surface area (Å²) in [6.45, 7) is 5.28. The minimum Gasteiger partial charge on any atom is -0.379 e. The van der Waals surface area contributed by atoms with Gasteiger partial charge < -0.3 is 5.11 Å². The van der Waals surface area contributed by atoms with Gasteiger partial charge in [0.2, 0.25) is 0 Å². The first-order valence-corrected chi connectivity index (χ1v) is 15.7. The average Bonchev–Trinajstić information content (AvgIpc) is 2.83. The number of unbranched alkanes of at least 4 members (excludes halogenated alkanes) is 25. The van der Waals surface area contributed by atoms with Crippen LogP contribution >= 0.6 is 0 Å². The average molecular weight is 468 g/mol. The highest BCUT2D eigenvalue weighted by molar-refractivity contribution is 4.54. The van der Waals surface area contributed by atoms with Crippen molar-refractivity contribution in [2.75, 3.05) is 6.54 Å². The van der Waals surface area contributed by atoms with Crippen LogP contribution in [0.5, 0.6) is 0 Å². The minimum absolute atomic E-state index is 0.302. The molecule has 0 spiro atoms. The minimum atomic E-state index is -0.302. The van der Waals surface area contributed by atoms with E-state index in [1.165, 1.54) is 167 Å². The number of aliphatic hydroxyl groups excluding tert-OH is 1. The molecule has 0 rings (SSSR count). The quantitative estimate of drug-likeness (QED) is 0.0846. The Hall–Kier alpha value is -0.0800. The normalized spacial score (nSPS) is 12.5. The summed E-state index contributed by atoms with van der Waals surface area (Å²) >= 11 is 0. The van der Waals surface area contributed by atoms with E-state index in [0.29, 0.717) is 0 Å². The van der Waals surface area contributed by atoms with Crippen molar-refractivity contribution in [1.29, 1.82) is 0 Å². The summed E-state index contributed by atoms with van der Waals surface area (Å²) < 4.78 is 0. The molecule has 0 radical (unpaired) electrons. The smallest absolute Gasteiger partial charge is 0.104 e. The van der Waals surface area contributed by atoms with Gasteiger partial charge in [-0.3, -0.25) is 5.32 Å². The van der Waals surface area contributed by atoms with Crippen LogP contribution in [0.2, 0.25) is 0 Å². The summed E-state index contributed by atoms with van der Waals surface area (Å²) in [6, 6.07) is 0. The lowest BCUT2D eigenvalue weighted by molar-refractivity contribution is 0.133. The van der Waals surface area contributed by atoms with E-state index in [2.05, 4.69) is 12.2 Å². The SMILES string of the molecule is CCCCCCCCCCCCCCCCCCCCCCCCCCCCNC(O)CC. The second kappa shape index (κ2) is 30.0. The van der Waals surface area contributed by atoms with Gasteiger partial charge in [-0.15, -0.1) is 0 Å². The lowest BCUT2D eigenvalue weighted by Gasteiger charge is -2.09. The highest BCUT2D eigenvalue weighted by Crippen LogP contribution is 2.15. The van der Waals surface area contributed by atoms with Crippen LogP contribution in [0.15, 0.2) is 0 Å². The predicted octanol–water partition coefficient (Wildman–Crippen LogP) is 10.5. The Morgan fingerprint density at radius 1 is 0.394 bits per heavy atom. The van der Waals surface area contributed by atoms with Gasteiger partial charge in [0, 0.05) is 0 Å². The highest BCUT2D eigenvalue weighted by Gasteiger charge is 1.98. The van der Waals surface area contributed by atoms with E-state index in [9.17, 15) is 5.11 Å². The zero-order chi connectivity index (χ0) is 24.1. The summed E-state index contributed by atoms with van der Waals surface area (Å²) in [4.78, 5) is 0. The van der Waals surface area contributed by atoms with Gasteiger partial charge >= 0.3 is 0 Å². The van der Waals surface area contributed by atoms with Gasteiger partial charge in [-0.25, -0.2) is 0 Å². The molecule has 2 heteroatoms. The van der Waals surface area contributed by atoms with Crippen LogP contribution in [-0.4, -0.2) is 17.9 Å². The maximum absolute atomic E-state index is 9.44. The molecule has 0 aliphatic carbocycles. The fraction of sp³-hybridized carbons (Fsp3) is 1.00. The van der Waals surface area contributed by atoms with Crippen LogP contribution in [0, 0.1) is 0 Å². The molecule has 0 aliphatic heterocycles.